The van der Waals surface area contributed by atoms with Crippen molar-refractivity contribution in [2.45, 2.75) is 3.79 Å². The lowest BCUT2D eigenvalue weighted by molar-refractivity contribution is 0.631. The fourth-order valence-corrected chi connectivity index (χ4v) is 1.91. The Morgan fingerprint density at radius 2 is 1.59 bits per heavy atom. The Balaban J connectivity index is 2.51. The predicted molar refractivity (Wildman–Crippen MR) is 71.1 cm³/mol. The summed E-state index contributed by atoms with van der Waals surface area (Å²) in [5, 5.41) is 0. The Kier molecular flexibility index (Phi) is 3.62. The van der Waals surface area contributed by atoms with E-state index in [0.29, 0.717) is 16.7 Å². The molecule has 0 bridgehead atoms. The van der Waals surface area contributed by atoms with E-state index < -0.39 is 3.79 Å². The van der Waals surface area contributed by atoms with Gasteiger partial charge in [0, 0.05) is 11.1 Å². The lowest BCUT2D eigenvalue weighted by Gasteiger charge is -2.12. The molecule has 0 radical (unpaired) electrons. The van der Waals surface area contributed by atoms with Crippen molar-refractivity contribution in [2.24, 2.45) is 0 Å². The van der Waals surface area contributed by atoms with Gasteiger partial charge in [-0.15, -0.1) is 0 Å². The van der Waals surface area contributed by atoms with E-state index in [2.05, 4.69) is 0 Å². The van der Waals surface area contributed by atoms with Gasteiger partial charge >= 0.3 is 0 Å². The fraction of sp³-hybridized carbons (Fsp3) is 0.0769. The van der Waals surface area contributed by atoms with Gasteiger partial charge in [-0.3, -0.25) is 0 Å². The van der Waals surface area contributed by atoms with Crippen LogP contribution in [0, 0.1) is 5.82 Å². The van der Waals surface area contributed by atoms with E-state index in [9.17, 15) is 4.39 Å². The summed E-state index contributed by atoms with van der Waals surface area (Å²) in [4.78, 5) is 0. The van der Waals surface area contributed by atoms with E-state index in [0.717, 1.165) is 0 Å². The number of hydrogen-bond donors (Lipinski definition) is 0. The smallest absolute Gasteiger partial charge is 0.206 e. The molecule has 0 amide bonds. The molecule has 0 atom stereocenters. The highest BCUT2D eigenvalue weighted by Gasteiger charge is 2.23. The second-order valence-electron chi connectivity index (χ2n) is 3.56. The van der Waals surface area contributed by atoms with Crippen molar-refractivity contribution in [1.29, 1.82) is 0 Å². The second-order valence-corrected chi connectivity index (χ2v) is 5.84. The first-order valence-corrected chi connectivity index (χ1v) is 6.04. The van der Waals surface area contributed by atoms with E-state index in [1.807, 2.05) is 0 Å². The van der Waals surface area contributed by atoms with E-state index in [1.54, 1.807) is 42.5 Å². The summed E-state index contributed by atoms with van der Waals surface area (Å²) in [6, 6.07) is 13.4. The van der Waals surface area contributed by atoms with Crippen LogP contribution in [0.25, 0.3) is 11.1 Å². The first-order chi connectivity index (χ1) is 7.98. The van der Waals surface area contributed by atoms with Crippen molar-refractivity contribution < 1.29 is 4.39 Å². The third kappa shape index (κ3) is 2.92. The Morgan fingerprint density at radius 3 is 2.24 bits per heavy atom. The molecule has 17 heavy (non-hydrogen) atoms. The van der Waals surface area contributed by atoms with Gasteiger partial charge in [0.05, 0.1) is 0 Å². The van der Waals surface area contributed by atoms with Crippen molar-refractivity contribution in [3.63, 3.8) is 0 Å². The maximum Gasteiger partial charge on any atom is 0.216 e. The van der Waals surface area contributed by atoms with Crippen LogP contribution < -0.4 is 0 Å². The molecule has 88 valence electrons. The average molecular weight is 290 g/mol. The minimum absolute atomic E-state index is 0.297. The molecule has 2 aromatic carbocycles. The lowest BCUT2D eigenvalue weighted by Crippen LogP contribution is -1.99. The zero-order valence-corrected chi connectivity index (χ0v) is 10.9. The van der Waals surface area contributed by atoms with Gasteiger partial charge in [-0.1, -0.05) is 71.2 Å². The summed E-state index contributed by atoms with van der Waals surface area (Å²) >= 11 is 17.4. The van der Waals surface area contributed by atoms with Gasteiger partial charge in [0.15, 0.2) is 0 Å². The molecule has 0 aliphatic heterocycles. The Morgan fingerprint density at radius 1 is 0.882 bits per heavy atom. The molecule has 0 saturated carbocycles. The quantitative estimate of drug-likeness (QED) is 0.623. The van der Waals surface area contributed by atoms with Crippen LogP contribution in [0.5, 0.6) is 0 Å². The first kappa shape index (κ1) is 12.7. The summed E-state index contributed by atoms with van der Waals surface area (Å²) in [6.07, 6.45) is 0. The van der Waals surface area contributed by atoms with Gasteiger partial charge in [0.1, 0.15) is 5.82 Å². The lowest BCUT2D eigenvalue weighted by atomic mass is 10.0. The van der Waals surface area contributed by atoms with Crippen LogP contribution in [0.15, 0.2) is 48.5 Å². The van der Waals surface area contributed by atoms with Gasteiger partial charge in [0.25, 0.3) is 0 Å². The average Bonchev–Trinajstić information content (AvgIpc) is 2.29. The van der Waals surface area contributed by atoms with Gasteiger partial charge in [-0.2, -0.15) is 0 Å². The third-order valence-electron chi connectivity index (χ3n) is 2.37. The van der Waals surface area contributed by atoms with Crippen LogP contribution in [-0.4, -0.2) is 0 Å². The van der Waals surface area contributed by atoms with Crippen LogP contribution in [-0.2, 0) is 3.79 Å². The van der Waals surface area contributed by atoms with Crippen molar-refractivity contribution >= 4 is 34.8 Å². The van der Waals surface area contributed by atoms with Gasteiger partial charge in [-0.05, 0) is 17.7 Å². The van der Waals surface area contributed by atoms with Gasteiger partial charge in [0.2, 0.25) is 3.79 Å². The number of halogens is 4. The summed E-state index contributed by atoms with van der Waals surface area (Å²) in [5.41, 5.74) is 1.69. The molecule has 2 rings (SSSR count). The standard InChI is InChI=1S/C13H8Cl3F/c14-13(15,16)10-5-3-4-9(8-10)11-6-1-2-7-12(11)17/h1-8H. The second kappa shape index (κ2) is 4.85. The third-order valence-corrected chi connectivity index (χ3v) is 3.03. The van der Waals surface area contributed by atoms with Crippen LogP contribution in [0.3, 0.4) is 0 Å². The molecular weight excluding hydrogens is 282 g/mol. The monoisotopic (exact) mass is 288 g/mol. The maximum absolute atomic E-state index is 13.6. The van der Waals surface area contributed by atoms with Crippen LogP contribution in [0.4, 0.5) is 4.39 Å². The summed E-state index contributed by atoms with van der Waals surface area (Å²) in [5.74, 6) is -0.297. The van der Waals surface area contributed by atoms with E-state index in [4.69, 9.17) is 34.8 Å². The molecule has 0 aliphatic rings. The first-order valence-electron chi connectivity index (χ1n) is 4.90. The SMILES string of the molecule is Fc1ccccc1-c1cccc(C(Cl)(Cl)Cl)c1. The van der Waals surface area contributed by atoms with Crippen LogP contribution in [0.2, 0.25) is 0 Å². The highest BCUT2D eigenvalue weighted by Crippen LogP contribution is 2.39. The molecule has 0 saturated heterocycles. The zero-order chi connectivity index (χ0) is 12.5. The largest absolute Gasteiger partial charge is 0.216 e. The highest BCUT2D eigenvalue weighted by molar-refractivity contribution is 6.66. The van der Waals surface area contributed by atoms with Gasteiger partial charge < -0.3 is 0 Å². The van der Waals surface area contributed by atoms with Crippen LogP contribution >= 0.6 is 34.8 Å². The Bertz CT molecular complexity index is 532. The summed E-state index contributed by atoms with van der Waals surface area (Å²) < 4.78 is 12.1. The number of alkyl halides is 3. The maximum atomic E-state index is 13.6. The molecule has 0 unspecified atom stereocenters. The molecule has 2 aromatic rings. The molecule has 0 heterocycles. The molecule has 0 nitrogen and oxygen atoms in total. The summed E-state index contributed by atoms with van der Waals surface area (Å²) in [6.45, 7) is 0. The number of benzene rings is 2. The Labute approximate surface area is 114 Å². The van der Waals surface area contributed by atoms with Crippen molar-refractivity contribution in [2.75, 3.05) is 0 Å². The minimum atomic E-state index is -1.50. The minimum Gasteiger partial charge on any atom is -0.206 e. The molecule has 0 fully saturated rings. The van der Waals surface area contributed by atoms with E-state index >= 15 is 0 Å². The van der Waals surface area contributed by atoms with Crippen molar-refractivity contribution in [3.05, 3.63) is 59.9 Å². The topological polar surface area (TPSA) is 0 Å². The molecule has 0 aliphatic carbocycles. The normalized spacial score (nSPS) is 11.5. The molecule has 0 spiro atoms. The predicted octanol–water partition coefficient (Wildman–Crippen LogP) is 5.32. The molecule has 0 N–H and O–H groups in total. The van der Waals surface area contributed by atoms with E-state index in [-0.39, 0.29) is 5.82 Å². The van der Waals surface area contributed by atoms with Crippen LogP contribution in [0.1, 0.15) is 5.56 Å². The fourth-order valence-electron chi connectivity index (χ4n) is 1.56. The van der Waals surface area contributed by atoms with Crippen molar-refractivity contribution in [3.8, 4) is 11.1 Å². The molecule has 0 aromatic heterocycles. The highest BCUT2D eigenvalue weighted by atomic mass is 35.6. The van der Waals surface area contributed by atoms with Gasteiger partial charge in [-0.25, -0.2) is 4.39 Å². The zero-order valence-electron chi connectivity index (χ0n) is 8.63. The molecule has 4 heteroatoms. The Hall–Kier alpha value is -0.760. The number of rotatable bonds is 1. The number of hydrogen-bond acceptors (Lipinski definition) is 0. The molecular formula is C13H8Cl3F. The van der Waals surface area contributed by atoms with E-state index in [1.165, 1.54) is 6.07 Å². The van der Waals surface area contributed by atoms with Crippen molar-refractivity contribution in [1.82, 2.24) is 0 Å². The summed E-state index contributed by atoms with van der Waals surface area (Å²) in [7, 11) is 0.